The number of nitrogens with zero attached hydrogens (tertiary/aromatic N) is 2. The fourth-order valence-corrected chi connectivity index (χ4v) is 3.36. The Hall–Kier alpha value is -2.60. The Kier molecular flexibility index (Phi) is 5.19. The minimum Gasteiger partial charge on any atom is -0.369 e. The fourth-order valence-electron chi connectivity index (χ4n) is 3.07. The van der Waals surface area contributed by atoms with Gasteiger partial charge in [0.25, 0.3) is 11.6 Å². The van der Waals surface area contributed by atoms with Crippen LogP contribution in [0.2, 0.25) is 5.02 Å². The number of nitro benzene ring substituents is 1. The van der Waals surface area contributed by atoms with E-state index in [1.54, 1.807) is 24.3 Å². The highest BCUT2D eigenvalue weighted by molar-refractivity contribution is 6.34. The minimum absolute atomic E-state index is 0.0251. The van der Waals surface area contributed by atoms with Gasteiger partial charge in [-0.2, -0.15) is 0 Å². The van der Waals surface area contributed by atoms with Crippen LogP contribution in [0, 0.1) is 10.1 Å². The van der Waals surface area contributed by atoms with Gasteiger partial charge in [-0.25, -0.2) is 0 Å². The molecule has 0 radical (unpaired) electrons. The van der Waals surface area contributed by atoms with E-state index < -0.39 is 10.8 Å². The molecule has 1 heterocycles. The average molecular weight is 360 g/mol. The molecular weight excluding hydrogens is 342 g/mol. The lowest BCUT2D eigenvalue weighted by Crippen LogP contribution is -2.30. The first-order valence-electron chi connectivity index (χ1n) is 8.16. The molecule has 0 bridgehead atoms. The summed E-state index contributed by atoms with van der Waals surface area (Å²) in [4.78, 5) is 25.3. The van der Waals surface area contributed by atoms with Gasteiger partial charge in [0.05, 0.1) is 21.3 Å². The fraction of sp³-hybridized carbons (Fsp3) is 0.278. The third-order valence-corrected chi connectivity index (χ3v) is 4.56. The van der Waals surface area contributed by atoms with E-state index in [1.165, 1.54) is 24.6 Å². The zero-order valence-corrected chi connectivity index (χ0v) is 14.3. The van der Waals surface area contributed by atoms with E-state index in [9.17, 15) is 14.9 Å². The number of nitro groups is 1. The number of hydrogen-bond acceptors (Lipinski definition) is 4. The van der Waals surface area contributed by atoms with Crippen LogP contribution >= 0.6 is 11.6 Å². The van der Waals surface area contributed by atoms with E-state index in [1.807, 2.05) is 0 Å². The molecule has 2 aromatic rings. The molecule has 25 heavy (non-hydrogen) atoms. The standard InChI is InChI=1S/C18H18ClN3O3/c19-14-8-6-9-15(17(14)21-11-4-1-5-12-21)20-18(23)13-7-2-3-10-16(13)22(24)25/h2-3,6-10H,1,4-5,11-12H2,(H,20,23). The second kappa shape index (κ2) is 7.53. The van der Waals surface area contributed by atoms with Crippen LogP contribution in [0.25, 0.3) is 0 Å². The van der Waals surface area contributed by atoms with Crippen molar-refractivity contribution < 1.29 is 9.72 Å². The van der Waals surface area contributed by atoms with Gasteiger partial charge in [-0.15, -0.1) is 0 Å². The highest BCUT2D eigenvalue weighted by Crippen LogP contribution is 2.36. The van der Waals surface area contributed by atoms with E-state index in [4.69, 9.17) is 11.6 Å². The van der Waals surface area contributed by atoms with Gasteiger partial charge < -0.3 is 10.2 Å². The number of para-hydroxylation sites is 2. The normalized spacial score (nSPS) is 14.2. The molecule has 6 nitrogen and oxygen atoms in total. The third kappa shape index (κ3) is 3.74. The molecule has 0 atom stereocenters. The van der Waals surface area contributed by atoms with Crippen molar-refractivity contribution in [1.29, 1.82) is 0 Å². The van der Waals surface area contributed by atoms with E-state index in [0.29, 0.717) is 10.7 Å². The highest BCUT2D eigenvalue weighted by atomic mass is 35.5. The molecule has 2 aromatic carbocycles. The van der Waals surface area contributed by atoms with Crippen LogP contribution in [-0.4, -0.2) is 23.9 Å². The first-order chi connectivity index (χ1) is 12.1. The van der Waals surface area contributed by atoms with Crippen molar-refractivity contribution in [2.75, 3.05) is 23.3 Å². The number of anilines is 2. The summed E-state index contributed by atoms with van der Waals surface area (Å²) in [5.41, 5.74) is 1.15. The number of piperidine rings is 1. The number of benzene rings is 2. The summed E-state index contributed by atoms with van der Waals surface area (Å²) >= 11 is 6.37. The van der Waals surface area contributed by atoms with Gasteiger partial charge in [-0.3, -0.25) is 14.9 Å². The Bertz CT molecular complexity index is 804. The van der Waals surface area contributed by atoms with Crippen LogP contribution in [0.15, 0.2) is 42.5 Å². The van der Waals surface area contributed by atoms with Gasteiger partial charge >= 0.3 is 0 Å². The predicted octanol–water partition coefficient (Wildman–Crippen LogP) is 4.49. The van der Waals surface area contributed by atoms with Crippen LogP contribution in [0.1, 0.15) is 29.6 Å². The van der Waals surface area contributed by atoms with Gasteiger partial charge in [0, 0.05) is 19.2 Å². The van der Waals surface area contributed by atoms with Crippen molar-refractivity contribution in [2.24, 2.45) is 0 Å². The van der Waals surface area contributed by atoms with Crippen LogP contribution in [0.4, 0.5) is 17.1 Å². The molecule has 1 N–H and O–H groups in total. The first kappa shape index (κ1) is 17.2. The number of carbonyl (C=O) groups excluding carboxylic acids is 1. The average Bonchev–Trinajstić information content (AvgIpc) is 2.62. The molecular formula is C18H18ClN3O3. The maximum absolute atomic E-state index is 12.6. The molecule has 1 saturated heterocycles. The van der Waals surface area contributed by atoms with Gasteiger partial charge in [0.15, 0.2) is 0 Å². The van der Waals surface area contributed by atoms with E-state index in [-0.39, 0.29) is 11.3 Å². The molecule has 1 fully saturated rings. The molecule has 130 valence electrons. The van der Waals surface area contributed by atoms with Crippen molar-refractivity contribution in [1.82, 2.24) is 0 Å². The molecule has 0 spiro atoms. The summed E-state index contributed by atoms with van der Waals surface area (Å²) in [5, 5.41) is 14.5. The molecule has 3 rings (SSSR count). The smallest absolute Gasteiger partial charge is 0.282 e. The van der Waals surface area contributed by atoms with Gasteiger partial charge in [-0.1, -0.05) is 29.8 Å². The molecule has 7 heteroatoms. The van der Waals surface area contributed by atoms with Crippen LogP contribution in [-0.2, 0) is 0 Å². The number of nitrogens with one attached hydrogen (secondary N) is 1. The molecule has 0 unspecified atom stereocenters. The van der Waals surface area contributed by atoms with Crippen molar-refractivity contribution in [2.45, 2.75) is 19.3 Å². The molecule has 0 aliphatic carbocycles. The van der Waals surface area contributed by atoms with Crippen molar-refractivity contribution in [3.63, 3.8) is 0 Å². The monoisotopic (exact) mass is 359 g/mol. The van der Waals surface area contributed by atoms with Crippen LogP contribution < -0.4 is 10.2 Å². The summed E-state index contributed by atoms with van der Waals surface area (Å²) in [6, 6.07) is 11.2. The van der Waals surface area contributed by atoms with E-state index in [0.717, 1.165) is 31.6 Å². The van der Waals surface area contributed by atoms with Gasteiger partial charge in [0.2, 0.25) is 0 Å². The summed E-state index contributed by atoms with van der Waals surface area (Å²) in [5.74, 6) is -0.521. The number of halogens is 1. The second-order valence-corrected chi connectivity index (χ2v) is 6.32. The summed E-state index contributed by atoms with van der Waals surface area (Å²) in [6.07, 6.45) is 3.32. The predicted molar refractivity (Wildman–Crippen MR) is 98.6 cm³/mol. The Morgan fingerprint density at radius 1 is 1.08 bits per heavy atom. The third-order valence-electron chi connectivity index (χ3n) is 4.25. The molecule has 1 aliphatic heterocycles. The lowest BCUT2D eigenvalue weighted by Gasteiger charge is -2.31. The SMILES string of the molecule is O=C(Nc1cccc(Cl)c1N1CCCCC1)c1ccccc1[N+](=O)[O-]. The quantitative estimate of drug-likeness (QED) is 0.644. The minimum atomic E-state index is -0.557. The lowest BCUT2D eigenvalue weighted by atomic mass is 10.1. The number of amides is 1. The molecule has 0 aromatic heterocycles. The first-order valence-corrected chi connectivity index (χ1v) is 8.54. The van der Waals surface area contributed by atoms with Gasteiger partial charge in [0.1, 0.15) is 5.56 Å². The highest BCUT2D eigenvalue weighted by Gasteiger charge is 2.22. The number of hydrogen-bond donors (Lipinski definition) is 1. The zero-order valence-electron chi connectivity index (χ0n) is 13.6. The maximum atomic E-state index is 12.6. The second-order valence-electron chi connectivity index (χ2n) is 5.91. The zero-order chi connectivity index (χ0) is 17.8. The Balaban J connectivity index is 1.92. The van der Waals surface area contributed by atoms with Crippen LogP contribution in [0.5, 0.6) is 0 Å². The van der Waals surface area contributed by atoms with Crippen LogP contribution in [0.3, 0.4) is 0 Å². The molecule has 1 aliphatic rings. The lowest BCUT2D eigenvalue weighted by molar-refractivity contribution is -0.385. The van der Waals surface area contributed by atoms with Crippen molar-refractivity contribution in [3.8, 4) is 0 Å². The Morgan fingerprint density at radius 3 is 2.52 bits per heavy atom. The Morgan fingerprint density at radius 2 is 1.80 bits per heavy atom. The Labute approximate surface area is 150 Å². The topological polar surface area (TPSA) is 75.5 Å². The largest absolute Gasteiger partial charge is 0.369 e. The van der Waals surface area contributed by atoms with Crippen molar-refractivity contribution in [3.05, 3.63) is 63.2 Å². The summed E-state index contributed by atoms with van der Waals surface area (Å²) < 4.78 is 0. The number of rotatable bonds is 4. The van der Waals surface area contributed by atoms with Crippen molar-refractivity contribution >= 4 is 34.6 Å². The van der Waals surface area contributed by atoms with E-state index >= 15 is 0 Å². The number of carbonyl (C=O) groups is 1. The van der Waals surface area contributed by atoms with Gasteiger partial charge in [-0.05, 0) is 37.5 Å². The molecule has 1 amide bonds. The van der Waals surface area contributed by atoms with E-state index in [2.05, 4.69) is 10.2 Å². The summed E-state index contributed by atoms with van der Waals surface area (Å²) in [6.45, 7) is 1.75. The maximum Gasteiger partial charge on any atom is 0.282 e. The molecule has 0 saturated carbocycles. The summed E-state index contributed by atoms with van der Waals surface area (Å²) in [7, 11) is 0.